The summed E-state index contributed by atoms with van der Waals surface area (Å²) in [5, 5.41) is 2.14. The molecular formula is C26H21FN2O5S. The van der Waals surface area contributed by atoms with Gasteiger partial charge in [-0.2, -0.15) is 0 Å². The van der Waals surface area contributed by atoms with Gasteiger partial charge in [0.1, 0.15) is 30.5 Å². The lowest BCUT2D eigenvalue weighted by atomic mass is 10.2. The van der Waals surface area contributed by atoms with Gasteiger partial charge in [0, 0.05) is 0 Å². The largest absolute Gasteiger partial charge is 0.495 e. The third-order valence-electron chi connectivity index (χ3n) is 5.05. The van der Waals surface area contributed by atoms with E-state index in [1.165, 1.54) is 19.2 Å². The van der Waals surface area contributed by atoms with E-state index in [1.54, 1.807) is 66.7 Å². The van der Waals surface area contributed by atoms with E-state index in [9.17, 15) is 18.8 Å². The molecule has 4 rings (SSSR count). The highest BCUT2D eigenvalue weighted by molar-refractivity contribution is 8.18. The van der Waals surface area contributed by atoms with Gasteiger partial charge >= 0.3 is 0 Å². The number of rotatable bonds is 8. The molecule has 7 nitrogen and oxygen atoms in total. The Bertz CT molecular complexity index is 1280. The van der Waals surface area contributed by atoms with E-state index in [2.05, 4.69) is 5.32 Å². The quantitative estimate of drug-likeness (QED) is 0.441. The number of carbonyl (C=O) groups is 3. The minimum atomic E-state index is -0.535. The Kier molecular flexibility index (Phi) is 7.47. The lowest BCUT2D eigenvalue weighted by Crippen LogP contribution is -2.36. The fourth-order valence-electron chi connectivity index (χ4n) is 3.28. The maximum absolute atomic E-state index is 13.0. The van der Waals surface area contributed by atoms with E-state index in [0.29, 0.717) is 22.7 Å². The van der Waals surface area contributed by atoms with Crippen LogP contribution >= 0.6 is 11.8 Å². The summed E-state index contributed by atoms with van der Waals surface area (Å²) >= 11 is 0.777. The summed E-state index contributed by atoms with van der Waals surface area (Å²) in [6, 6.07) is 19.9. The van der Waals surface area contributed by atoms with Crippen molar-refractivity contribution in [3.8, 4) is 11.5 Å². The molecule has 3 aromatic carbocycles. The number of imide groups is 1. The number of hydrogen-bond donors (Lipinski definition) is 1. The van der Waals surface area contributed by atoms with Crippen LogP contribution < -0.4 is 14.8 Å². The second-order valence-corrected chi connectivity index (χ2v) is 8.49. The number of carbonyl (C=O) groups excluding carboxylic acids is 3. The average Bonchev–Trinajstić information content (AvgIpc) is 3.12. The van der Waals surface area contributed by atoms with Crippen LogP contribution in [-0.2, 0) is 16.2 Å². The minimum Gasteiger partial charge on any atom is -0.495 e. The first-order valence-electron chi connectivity index (χ1n) is 10.6. The topological polar surface area (TPSA) is 84.9 Å². The van der Waals surface area contributed by atoms with Crippen LogP contribution in [0.5, 0.6) is 11.5 Å². The zero-order valence-electron chi connectivity index (χ0n) is 18.7. The van der Waals surface area contributed by atoms with E-state index in [1.807, 2.05) is 0 Å². The molecule has 0 atom stereocenters. The van der Waals surface area contributed by atoms with Gasteiger partial charge in [-0.05, 0) is 65.4 Å². The van der Waals surface area contributed by atoms with Gasteiger partial charge in [0.2, 0.25) is 5.91 Å². The number of thioether (sulfide) groups is 1. The van der Waals surface area contributed by atoms with E-state index >= 15 is 0 Å². The average molecular weight is 493 g/mol. The molecule has 0 spiro atoms. The van der Waals surface area contributed by atoms with Gasteiger partial charge in [-0.25, -0.2) is 4.39 Å². The van der Waals surface area contributed by atoms with Crippen LogP contribution in [0.4, 0.5) is 14.9 Å². The van der Waals surface area contributed by atoms with Gasteiger partial charge in [0.15, 0.2) is 0 Å². The lowest BCUT2D eigenvalue weighted by Gasteiger charge is -2.14. The molecule has 1 aliphatic rings. The molecule has 9 heteroatoms. The SMILES string of the molecule is COc1ccccc1NC(=O)CN1C(=O)S/C(=C\c2ccc(OCc3ccc(F)cc3)cc2)C1=O. The van der Waals surface area contributed by atoms with E-state index in [0.717, 1.165) is 22.2 Å². The maximum atomic E-state index is 13.0. The van der Waals surface area contributed by atoms with Crippen molar-refractivity contribution in [2.24, 2.45) is 0 Å². The molecule has 35 heavy (non-hydrogen) atoms. The molecule has 1 saturated heterocycles. The summed E-state index contributed by atoms with van der Waals surface area (Å²) in [6.07, 6.45) is 1.59. The van der Waals surface area contributed by atoms with Gasteiger partial charge in [-0.3, -0.25) is 19.3 Å². The summed E-state index contributed by atoms with van der Waals surface area (Å²) in [5.41, 5.74) is 1.98. The summed E-state index contributed by atoms with van der Waals surface area (Å²) in [5.74, 6) is -0.278. The van der Waals surface area contributed by atoms with Crippen molar-refractivity contribution in [1.82, 2.24) is 4.90 Å². The number of methoxy groups -OCH3 is 1. The lowest BCUT2D eigenvalue weighted by molar-refractivity contribution is -0.127. The third kappa shape index (κ3) is 6.07. The first-order valence-corrected chi connectivity index (χ1v) is 11.4. The summed E-state index contributed by atoms with van der Waals surface area (Å²) < 4.78 is 23.9. The molecule has 0 radical (unpaired) electrons. The van der Waals surface area contributed by atoms with Gasteiger partial charge in [0.05, 0.1) is 17.7 Å². The van der Waals surface area contributed by atoms with Gasteiger partial charge in [0.25, 0.3) is 11.1 Å². The number of nitrogens with zero attached hydrogens (tertiary/aromatic N) is 1. The maximum Gasteiger partial charge on any atom is 0.294 e. The summed E-state index contributed by atoms with van der Waals surface area (Å²) in [4.78, 5) is 38.7. The number of anilines is 1. The van der Waals surface area contributed by atoms with Gasteiger partial charge in [-0.1, -0.05) is 36.4 Å². The second-order valence-electron chi connectivity index (χ2n) is 7.50. The van der Waals surface area contributed by atoms with E-state index in [4.69, 9.17) is 9.47 Å². The van der Waals surface area contributed by atoms with Crippen molar-refractivity contribution in [3.63, 3.8) is 0 Å². The zero-order chi connectivity index (χ0) is 24.8. The number of benzene rings is 3. The third-order valence-corrected chi connectivity index (χ3v) is 5.96. The van der Waals surface area contributed by atoms with E-state index in [-0.39, 0.29) is 17.3 Å². The van der Waals surface area contributed by atoms with Crippen LogP contribution in [0.15, 0.2) is 77.7 Å². The minimum absolute atomic E-state index is 0.222. The molecule has 1 fully saturated rings. The first-order chi connectivity index (χ1) is 16.9. The van der Waals surface area contributed by atoms with Crippen LogP contribution in [-0.4, -0.2) is 35.6 Å². The van der Waals surface area contributed by atoms with Crippen LogP contribution in [0.2, 0.25) is 0 Å². The molecule has 1 heterocycles. The number of hydrogen-bond acceptors (Lipinski definition) is 6. The predicted octanol–water partition coefficient (Wildman–Crippen LogP) is 5.09. The van der Waals surface area contributed by atoms with Crippen LogP contribution in [0.3, 0.4) is 0 Å². The Hall–Kier alpha value is -4.11. The standard InChI is InChI=1S/C26H21FN2O5S/c1-33-22-5-3-2-4-21(22)28-24(30)15-29-25(31)23(35-26(29)32)14-17-8-12-20(13-9-17)34-16-18-6-10-19(27)11-7-18/h2-14H,15-16H2,1H3,(H,28,30)/b23-14-. The molecule has 3 amide bonds. The fourth-order valence-corrected chi connectivity index (χ4v) is 4.11. The molecule has 0 unspecified atom stereocenters. The van der Waals surface area contributed by atoms with Crippen molar-refractivity contribution in [2.75, 3.05) is 19.0 Å². The van der Waals surface area contributed by atoms with Crippen molar-refractivity contribution < 1.29 is 28.2 Å². The Balaban J connectivity index is 1.36. The Morgan fingerprint density at radius 2 is 1.74 bits per heavy atom. The fraction of sp³-hybridized carbons (Fsp3) is 0.115. The van der Waals surface area contributed by atoms with Crippen molar-refractivity contribution in [3.05, 3.63) is 94.6 Å². The van der Waals surface area contributed by atoms with Gasteiger partial charge in [-0.15, -0.1) is 0 Å². The Morgan fingerprint density at radius 3 is 2.46 bits per heavy atom. The highest BCUT2D eigenvalue weighted by atomic mass is 32.2. The number of nitrogens with one attached hydrogen (secondary N) is 1. The van der Waals surface area contributed by atoms with Crippen LogP contribution in [0.25, 0.3) is 6.08 Å². The van der Waals surface area contributed by atoms with Gasteiger partial charge < -0.3 is 14.8 Å². The number of ether oxygens (including phenoxy) is 2. The van der Waals surface area contributed by atoms with E-state index < -0.39 is 23.6 Å². The molecule has 3 aromatic rings. The smallest absolute Gasteiger partial charge is 0.294 e. The molecule has 1 aliphatic heterocycles. The Morgan fingerprint density at radius 1 is 1.03 bits per heavy atom. The molecule has 0 bridgehead atoms. The number of amides is 3. The number of halogens is 1. The molecular weight excluding hydrogens is 471 g/mol. The normalized spacial score (nSPS) is 14.3. The highest BCUT2D eigenvalue weighted by Crippen LogP contribution is 2.32. The summed E-state index contributed by atoms with van der Waals surface area (Å²) in [7, 11) is 1.48. The predicted molar refractivity (Wildman–Crippen MR) is 131 cm³/mol. The first kappa shape index (κ1) is 24.0. The zero-order valence-corrected chi connectivity index (χ0v) is 19.5. The summed E-state index contributed by atoms with van der Waals surface area (Å²) in [6.45, 7) is -0.119. The Labute approximate surface area is 205 Å². The molecule has 1 N–H and O–H groups in total. The van der Waals surface area contributed by atoms with Crippen molar-refractivity contribution >= 4 is 40.6 Å². The molecule has 0 aromatic heterocycles. The van der Waals surface area contributed by atoms with Crippen LogP contribution in [0.1, 0.15) is 11.1 Å². The van der Waals surface area contributed by atoms with Crippen molar-refractivity contribution in [2.45, 2.75) is 6.61 Å². The molecule has 0 aliphatic carbocycles. The van der Waals surface area contributed by atoms with Crippen molar-refractivity contribution in [1.29, 1.82) is 0 Å². The molecule has 178 valence electrons. The monoisotopic (exact) mass is 492 g/mol. The molecule has 0 saturated carbocycles. The number of para-hydroxylation sites is 2. The second kappa shape index (κ2) is 10.9. The van der Waals surface area contributed by atoms with Crippen LogP contribution in [0, 0.1) is 5.82 Å². The highest BCUT2D eigenvalue weighted by Gasteiger charge is 2.36.